The highest BCUT2D eigenvalue weighted by atomic mass is 79.9. The van der Waals surface area contributed by atoms with Crippen molar-refractivity contribution in [2.24, 2.45) is 0 Å². The Kier molecular flexibility index (Phi) is 6.40. The molecule has 1 aromatic rings. The molecule has 0 amide bonds. The molecule has 0 N–H and O–H groups in total. The number of likely N-dealkylation sites (N-methyl/N-ethyl adjacent to an activating group) is 1. The van der Waals surface area contributed by atoms with Gasteiger partial charge in [-0.25, -0.2) is 0 Å². The fourth-order valence-electron chi connectivity index (χ4n) is 1.66. The van der Waals surface area contributed by atoms with Gasteiger partial charge in [-0.2, -0.15) is 0 Å². The predicted octanol–water partition coefficient (Wildman–Crippen LogP) is 3.86. The van der Waals surface area contributed by atoms with E-state index in [9.17, 15) is 0 Å². The van der Waals surface area contributed by atoms with Crippen molar-refractivity contribution in [2.75, 3.05) is 26.0 Å². The summed E-state index contributed by atoms with van der Waals surface area (Å²) in [5.74, 6) is 0.750. The van der Waals surface area contributed by atoms with Crippen LogP contribution in [0.3, 0.4) is 0 Å². The molecule has 0 atom stereocenters. The summed E-state index contributed by atoms with van der Waals surface area (Å²) in [6.07, 6.45) is 2.17. The van der Waals surface area contributed by atoms with Crippen molar-refractivity contribution in [3.63, 3.8) is 0 Å². The molecule has 0 radical (unpaired) electrons. The number of halogens is 2. The Morgan fingerprint density at radius 2 is 2.06 bits per heavy atom. The van der Waals surface area contributed by atoms with Crippen LogP contribution in [0.25, 0.3) is 0 Å². The second kappa shape index (κ2) is 7.31. The molecule has 0 aromatic heterocycles. The molecule has 0 unspecified atom stereocenters. The molecule has 0 aliphatic rings. The molecule has 0 saturated heterocycles. The third-order valence-electron chi connectivity index (χ3n) is 2.75. The summed E-state index contributed by atoms with van der Waals surface area (Å²) in [7, 11) is 2.15. The Morgan fingerprint density at radius 3 is 2.75 bits per heavy atom. The normalized spacial score (nSPS) is 11.1. The Morgan fingerprint density at radius 1 is 1.31 bits per heavy atom. The molecule has 0 aliphatic heterocycles. The summed E-state index contributed by atoms with van der Waals surface area (Å²) >= 11 is 9.19. The topological polar surface area (TPSA) is 3.24 Å². The van der Waals surface area contributed by atoms with Crippen molar-refractivity contribution < 1.29 is 0 Å². The molecule has 0 aliphatic carbocycles. The van der Waals surface area contributed by atoms with Gasteiger partial charge in [-0.3, -0.25) is 0 Å². The van der Waals surface area contributed by atoms with Gasteiger partial charge in [0.15, 0.2) is 0 Å². The maximum atomic E-state index is 5.68. The van der Waals surface area contributed by atoms with Crippen molar-refractivity contribution in [1.29, 1.82) is 0 Å². The molecule has 0 bridgehead atoms. The van der Waals surface area contributed by atoms with E-state index in [0.717, 1.165) is 36.3 Å². The van der Waals surface area contributed by atoms with Gasteiger partial charge in [-0.05, 0) is 56.6 Å². The summed E-state index contributed by atoms with van der Waals surface area (Å²) in [6, 6.07) is 6.47. The first-order valence-corrected chi connectivity index (χ1v) is 6.96. The Hall–Kier alpha value is -0.0500. The molecule has 1 aromatic carbocycles. The number of nitrogens with zero attached hydrogens (tertiary/aromatic N) is 1. The van der Waals surface area contributed by atoms with Crippen molar-refractivity contribution in [3.05, 3.63) is 33.8 Å². The smallest absolute Gasteiger partial charge is 0.0235 e. The van der Waals surface area contributed by atoms with Gasteiger partial charge in [0.05, 0.1) is 0 Å². The molecule has 0 fully saturated rings. The van der Waals surface area contributed by atoms with Gasteiger partial charge in [0, 0.05) is 16.9 Å². The number of aryl methyl sites for hydroxylation is 1. The molecule has 0 heterocycles. The minimum Gasteiger partial charge on any atom is -0.306 e. The number of benzene rings is 1. The monoisotopic (exact) mass is 303 g/mol. The summed E-state index contributed by atoms with van der Waals surface area (Å²) in [5, 5.41) is 0. The number of hydrogen-bond donors (Lipinski definition) is 0. The van der Waals surface area contributed by atoms with E-state index in [4.69, 9.17) is 11.6 Å². The van der Waals surface area contributed by atoms with Crippen LogP contribution in [0.5, 0.6) is 0 Å². The quantitative estimate of drug-likeness (QED) is 0.721. The fraction of sp³-hybridized carbons (Fsp3) is 0.538. The number of hydrogen-bond acceptors (Lipinski definition) is 1. The largest absolute Gasteiger partial charge is 0.306 e. The van der Waals surface area contributed by atoms with Crippen LogP contribution < -0.4 is 0 Å². The lowest BCUT2D eigenvalue weighted by Crippen LogP contribution is -2.22. The SMILES string of the molecule is Cc1ccc(Br)cc1CCN(C)CCCCl. The Balaban J connectivity index is 2.44. The molecule has 1 nitrogen and oxygen atoms in total. The first-order valence-electron chi connectivity index (χ1n) is 5.63. The van der Waals surface area contributed by atoms with Crippen LogP contribution in [-0.4, -0.2) is 30.9 Å². The highest BCUT2D eigenvalue weighted by Gasteiger charge is 2.02. The average Bonchev–Trinajstić information content (AvgIpc) is 2.27. The van der Waals surface area contributed by atoms with Crippen molar-refractivity contribution in [1.82, 2.24) is 4.90 Å². The third kappa shape index (κ3) is 4.86. The summed E-state index contributed by atoms with van der Waals surface area (Å²) in [5.41, 5.74) is 2.79. The van der Waals surface area contributed by atoms with E-state index in [1.165, 1.54) is 11.1 Å². The zero-order valence-corrected chi connectivity index (χ0v) is 12.3. The van der Waals surface area contributed by atoms with Gasteiger partial charge in [-0.15, -0.1) is 11.6 Å². The zero-order valence-electron chi connectivity index (χ0n) is 9.97. The van der Waals surface area contributed by atoms with Crippen LogP contribution in [0, 0.1) is 6.92 Å². The third-order valence-corrected chi connectivity index (χ3v) is 3.51. The average molecular weight is 305 g/mol. The Bertz CT molecular complexity index is 328. The van der Waals surface area contributed by atoms with Crippen LogP contribution in [0.4, 0.5) is 0 Å². The molecule has 16 heavy (non-hydrogen) atoms. The lowest BCUT2D eigenvalue weighted by atomic mass is 10.1. The highest BCUT2D eigenvalue weighted by molar-refractivity contribution is 9.10. The summed E-state index contributed by atoms with van der Waals surface area (Å²) in [6.45, 7) is 4.34. The maximum absolute atomic E-state index is 5.68. The first-order chi connectivity index (χ1) is 7.63. The number of rotatable bonds is 6. The molecular weight excluding hydrogens is 286 g/mol. The summed E-state index contributed by atoms with van der Waals surface area (Å²) < 4.78 is 1.16. The fourth-order valence-corrected chi connectivity index (χ4v) is 2.19. The Labute approximate surface area is 112 Å². The minimum absolute atomic E-state index is 0.750. The van der Waals surface area contributed by atoms with Gasteiger partial charge in [0.2, 0.25) is 0 Å². The van der Waals surface area contributed by atoms with E-state index < -0.39 is 0 Å². The summed E-state index contributed by atoms with van der Waals surface area (Å²) in [4.78, 5) is 2.34. The van der Waals surface area contributed by atoms with E-state index in [0.29, 0.717) is 0 Å². The van der Waals surface area contributed by atoms with Gasteiger partial charge >= 0.3 is 0 Å². The van der Waals surface area contributed by atoms with Crippen LogP contribution in [0.1, 0.15) is 17.5 Å². The molecular formula is C13H19BrClN. The second-order valence-corrected chi connectivity index (χ2v) is 5.46. The van der Waals surface area contributed by atoms with E-state index >= 15 is 0 Å². The zero-order chi connectivity index (χ0) is 12.0. The van der Waals surface area contributed by atoms with E-state index in [-0.39, 0.29) is 0 Å². The van der Waals surface area contributed by atoms with Gasteiger partial charge in [-0.1, -0.05) is 22.0 Å². The van der Waals surface area contributed by atoms with Crippen molar-refractivity contribution in [2.45, 2.75) is 19.8 Å². The predicted molar refractivity (Wildman–Crippen MR) is 75.4 cm³/mol. The van der Waals surface area contributed by atoms with Crippen LogP contribution >= 0.6 is 27.5 Å². The first kappa shape index (κ1) is 14.0. The highest BCUT2D eigenvalue weighted by Crippen LogP contribution is 2.16. The van der Waals surface area contributed by atoms with Gasteiger partial charge < -0.3 is 4.90 Å². The van der Waals surface area contributed by atoms with E-state index in [1.807, 2.05) is 0 Å². The van der Waals surface area contributed by atoms with Crippen molar-refractivity contribution >= 4 is 27.5 Å². The van der Waals surface area contributed by atoms with Gasteiger partial charge in [0.25, 0.3) is 0 Å². The minimum atomic E-state index is 0.750. The van der Waals surface area contributed by atoms with E-state index in [1.54, 1.807) is 0 Å². The van der Waals surface area contributed by atoms with Crippen LogP contribution in [0.2, 0.25) is 0 Å². The molecule has 90 valence electrons. The lowest BCUT2D eigenvalue weighted by molar-refractivity contribution is 0.339. The molecule has 3 heteroatoms. The van der Waals surface area contributed by atoms with Crippen molar-refractivity contribution in [3.8, 4) is 0 Å². The molecule has 0 saturated carbocycles. The lowest BCUT2D eigenvalue weighted by Gasteiger charge is -2.16. The van der Waals surface area contributed by atoms with Crippen LogP contribution in [-0.2, 0) is 6.42 Å². The van der Waals surface area contributed by atoms with Crippen LogP contribution in [0.15, 0.2) is 22.7 Å². The maximum Gasteiger partial charge on any atom is 0.0235 e. The standard InChI is InChI=1S/C13H19BrClN/c1-11-4-5-13(14)10-12(11)6-9-16(2)8-3-7-15/h4-5,10H,3,6-9H2,1-2H3. The molecule has 0 spiro atoms. The molecule has 1 rings (SSSR count). The van der Waals surface area contributed by atoms with Gasteiger partial charge in [0.1, 0.15) is 0 Å². The van der Waals surface area contributed by atoms with E-state index in [2.05, 4.69) is 53.0 Å². The second-order valence-electron chi connectivity index (χ2n) is 4.17. The number of alkyl halides is 1.